The fourth-order valence-corrected chi connectivity index (χ4v) is 20.0. The number of sulfonamides is 2. The number of rotatable bonds is 4. The molecule has 2 aromatic heterocycles. The summed E-state index contributed by atoms with van der Waals surface area (Å²) in [5.74, 6) is 0.788. The molecule has 4 bridgehead atoms. The highest BCUT2D eigenvalue weighted by Gasteiger charge is 2.47. The first-order valence-corrected chi connectivity index (χ1v) is 37.2. The standard InChI is InChI=1S/2C34H38ClN3O5S2/c2*35-25-9-11-28-22(16-25)4-3-13-34(28)20-38-19-24-7-10-27(24)30(39)6-2-1-5-26(18-32-36-14-15-44-32)45(41,42)37-33(40)23-8-12-31(43-21-34)29(38)17-23/h2*2,6,8-9,11-12,14-17,24,26-27,30,39H,1,3-5,7,10,13,18-21H2,(H,37,40)/b2*6-2+/t24-,26+,27+,30-,34-;24-,26-,27+,30-,34-/m00/s1. The first kappa shape index (κ1) is 62.9. The number of nitrogens with zero attached hydrogens (tertiary/aromatic N) is 4. The van der Waals surface area contributed by atoms with E-state index in [0.717, 1.165) is 85.6 Å². The van der Waals surface area contributed by atoms with E-state index < -0.39 is 54.6 Å². The van der Waals surface area contributed by atoms with E-state index in [9.17, 15) is 36.6 Å². The molecule has 22 heteroatoms. The second-order valence-corrected chi connectivity index (χ2v) is 32.8. The van der Waals surface area contributed by atoms with Crippen LogP contribution in [0.25, 0.3) is 0 Å². The lowest BCUT2D eigenvalue weighted by atomic mass is 9.68. The van der Waals surface area contributed by atoms with Crippen molar-refractivity contribution < 1.29 is 46.1 Å². The molecule has 10 atom stereocenters. The number of hydrogen-bond donors (Lipinski definition) is 4. The molecule has 0 saturated heterocycles. The van der Waals surface area contributed by atoms with E-state index in [0.29, 0.717) is 86.6 Å². The van der Waals surface area contributed by atoms with Gasteiger partial charge in [-0.3, -0.25) is 9.59 Å². The molecule has 6 heterocycles. The summed E-state index contributed by atoms with van der Waals surface area (Å²) in [6.45, 7) is 3.75. The van der Waals surface area contributed by atoms with Gasteiger partial charge in [0.1, 0.15) is 11.5 Å². The third-order valence-corrected chi connectivity index (χ3v) is 26.0. The zero-order chi connectivity index (χ0) is 62.4. The molecule has 2 fully saturated rings. The number of aliphatic hydroxyl groups excluding tert-OH is 2. The van der Waals surface area contributed by atoms with Crippen LogP contribution in [0, 0.1) is 23.7 Å². The van der Waals surface area contributed by atoms with E-state index in [1.54, 1.807) is 48.8 Å². The minimum absolute atomic E-state index is 0.108. The van der Waals surface area contributed by atoms with Crippen LogP contribution in [-0.2, 0) is 56.6 Å². The fourth-order valence-electron chi connectivity index (χ4n) is 15.3. The molecular formula is C68H76Cl2N6O10S4. The van der Waals surface area contributed by atoms with Crippen molar-refractivity contribution in [1.82, 2.24) is 19.4 Å². The van der Waals surface area contributed by atoms with Gasteiger partial charge in [0, 0.05) is 94.2 Å². The van der Waals surface area contributed by atoms with Crippen molar-refractivity contribution in [3.05, 3.63) is 174 Å². The molecule has 0 radical (unpaired) electrons. The molecule has 4 aliphatic heterocycles. The second kappa shape index (κ2) is 26.3. The molecule has 8 aliphatic rings. The van der Waals surface area contributed by atoms with Crippen LogP contribution < -0.4 is 28.7 Å². The molecule has 4 N–H and O–H groups in total. The Morgan fingerprint density at radius 2 is 1.03 bits per heavy atom. The summed E-state index contributed by atoms with van der Waals surface area (Å²) in [7, 11) is -8.07. The number of carbonyl (C=O) groups is 2. The van der Waals surface area contributed by atoms with E-state index in [2.05, 4.69) is 53.5 Å². The van der Waals surface area contributed by atoms with Crippen molar-refractivity contribution in [3.8, 4) is 11.5 Å². The number of aliphatic hydroxyl groups is 2. The number of amides is 2. The second-order valence-electron chi connectivity index (χ2n) is 26.0. The molecule has 14 rings (SSSR count). The number of allylic oxidation sites excluding steroid dienone is 2. The average molecular weight is 1340 g/mol. The number of ether oxygens (including phenoxy) is 2. The number of aromatic nitrogens is 2. The van der Waals surface area contributed by atoms with Gasteiger partial charge in [0.2, 0.25) is 20.0 Å². The number of anilines is 2. The zero-order valence-corrected chi connectivity index (χ0v) is 54.8. The topological polar surface area (TPSA) is 218 Å². The molecule has 2 spiro atoms. The van der Waals surface area contributed by atoms with Crippen LogP contribution in [-0.4, -0.2) is 111 Å². The highest BCUT2D eigenvalue weighted by molar-refractivity contribution is 7.91. The Balaban J connectivity index is 0.000000165. The largest absolute Gasteiger partial charge is 0.490 e. The maximum absolute atomic E-state index is 13.6. The number of nitrogens with one attached hydrogen (secondary N) is 2. The number of thiazole rings is 2. The highest BCUT2D eigenvalue weighted by atomic mass is 35.5. The lowest BCUT2D eigenvalue weighted by Gasteiger charge is -2.45. The number of hydrogen-bond acceptors (Lipinski definition) is 16. The number of fused-ring (bicyclic) bond motifs is 8. The molecule has 4 aromatic carbocycles. The number of carbonyl (C=O) groups excluding carboxylic acids is 2. The fraction of sp³-hybridized carbons (Fsp3) is 0.471. The summed E-state index contributed by atoms with van der Waals surface area (Å²) in [6.07, 6.45) is 21.3. The van der Waals surface area contributed by atoms with Gasteiger partial charge in [0.25, 0.3) is 11.8 Å². The Morgan fingerprint density at radius 3 is 1.43 bits per heavy atom. The van der Waals surface area contributed by atoms with Crippen LogP contribution >= 0.6 is 45.9 Å². The van der Waals surface area contributed by atoms with Crippen LogP contribution in [0.2, 0.25) is 10.0 Å². The van der Waals surface area contributed by atoms with E-state index >= 15 is 0 Å². The van der Waals surface area contributed by atoms with Gasteiger partial charge >= 0.3 is 0 Å². The first-order chi connectivity index (χ1) is 43.4. The smallest absolute Gasteiger partial charge is 0.264 e. The summed E-state index contributed by atoms with van der Waals surface area (Å²) in [5, 5.41) is 27.2. The third-order valence-electron chi connectivity index (χ3n) is 20.4. The Bertz CT molecular complexity index is 3680. The predicted octanol–water partition coefficient (Wildman–Crippen LogP) is 11.4. The zero-order valence-electron chi connectivity index (χ0n) is 50.1. The monoisotopic (exact) mass is 1330 g/mol. The van der Waals surface area contributed by atoms with Crippen molar-refractivity contribution >= 4 is 89.1 Å². The Hall–Kier alpha value is -5.84. The van der Waals surface area contributed by atoms with Gasteiger partial charge in [-0.05, 0) is 196 Å². The van der Waals surface area contributed by atoms with Crippen molar-refractivity contribution in [2.45, 2.75) is 136 Å². The molecule has 0 unspecified atom stereocenters. The van der Waals surface area contributed by atoms with Gasteiger partial charge in [0.15, 0.2) is 0 Å². The van der Waals surface area contributed by atoms with Crippen LogP contribution in [0.3, 0.4) is 0 Å². The molecule has 90 heavy (non-hydrogen) atoms. The Morgan fingerprint density at radius 1 is 0.589 bits per heavy atom. The predicted molar refractivity (Wildman–Crippen MR) is 354 cm³/mol. The third kappa shape index (κ3) is 13.2. The van der Waals surface area contributed by atoms with E-state index in [-0.39, 0.29) is 58.5 Å². The molecule has 2 amide bonds. The average Bonchev–Trinajstić information content (AvgIpc) is 1.62. The lowest BCUT2D eigenvalue weighted by Crippen LogP contribution is -2.49. The summed E-state index contributed by atoms with van der Waals surface area (Å²) >= 11 is 15.6. The quantitative estimate of drug-likeness (QED) is 0.121. The highest BCUT2D eigenvalue weighted by Crippen LogP contribution is 2.49. The van der Waals surface area contributed by atoms with E-state index in [1.807, 2.05) is 47.2 Å². The molecule has 16 nitrogen and oxygen atoms in total. The summed E-state index contributed by atoms with van der Waals surface area (Å²) in [6, 6.07) is 22.7. The minimum atomic E-state index is -4.03. The summed E-state index contributed by atoms with van der Waals surface area (Å²) < 4.78 is 72.3. The van der Waals surface area contributed by atoms with Gasteiger partial charge in [-0.15, -0.1) is 22.7 Å². The molecule has 476 valence electrons. The van der Waals surface area contributed by atoms with E-state index in [4.69, 9.17) is 32.7 Å². The van der Waals surface area contributed by atoms with Gasteiger partial charge in [-0.25, -0.2) is 36.2 Å². The number of benzene rings is 4. The van der Waals surface area contributed by atoms with Crippen LogP contribution in [0.4, 0.5) is 11.4 Å². The van der Waals surface area contributed by atoms with Crippen molar-refractivity contribution in [2.75, 3.05) is 49.2 Å². The number of halogens is 2. The van der Waals surface area contributed by atoms with Crippen molar-refractivity contribution in [1.29, 1.82) is 0 Å². The lowest BCUT2D eigenvalue weighted by molar-refractivity contribution is 0.0454. The summed E-state index contributed by atoms with van der Waals surface area (Å²) in [4.78, 5) is 40.4. The molecule has 4 aliphatic carbocycles. The van der Waals surface area contributed by atoms with Crippen molar-refractivity contribution in [2.24, 2.45) is 23.7 Å². The van der Waals surface area contributed by atoms with Crippen LogP contribution in [0.1, 0.15) is 130 Å². The van der Waals surface area contributed by atoms with Gasteiger partial charge < -0.3 is 29.5 Å². The Labute approximate surface area is 545 Å². The molecule has 2 saturated carbocycles. The molecular weight excluding hydrogens is 1260 g/mol. The minimum Gasteiger partial charge on any atom is -0.490 e. The maximum Gasteiger partial charge on any atom is 0.264 e. The summed E-state index contributed by atoms with van der Waals surface area (Å²) in [5.41, 5.74) is 6.54. The van der Waals surface area contributed by atoms with Gasteiger partial charge in [-0.1, -0.05) is 59.6 Å². The van der Waals surface area contributed by atoms with Gasteiger partial charge in [-0.2, -0.15) is 0 Å². The normalized spacial score (nSPS) is 30.2. The van der Waals surface area contributed by atoms with Crippen LogP contribution in [0.5, 0.6) is 11.5 Å². The Kier molecular flexibility index (Phi) is 18.4. The SMILES string of the molecule is O=C1NS(=O)(=O)[C@@H](Cc2nccs2)CC/C=C/[C@H](O)[C@@H]2CC[C@H]2CN2C[C@@]3(CCCc4cc(Cl)ccc43)COc3ccc1cc32.O=C1NS(=O)(=O)[C@H](Cc2nccs2)CC/C=C/[C@H](O)[C@@H]2CC[C@H]2CN2C[C@@]3(CCCc4cc(Cl)ccc43)COc3ccc1cc32. The number of aryl methyl sites for hydroxylation is 2. The molecule has 6 aromatic rings. The first-order valence-electron chi connectivity index (χ1n) is 31.6. The van der Waals surface area contributed by atoms with E-state index in [1.165, 1.54) is 44.9 Å². The van der Waals surface area contributed by atoms with Crippen molar-refractivity contribution in [3.63, 3.8) is 0 Å². The van der Waals surface area contributed by atoms with Crippen LogP contribution in [0.15, 0.2) is 120 Å². The maximum atomic E-state index is 13.6. The van der Waals surface area contributed by atoms with Gasteiger partial charge in [0.05, 0.1) is 57.3 Å².